The number of nitrogens with zero attached hydrogens (tertiary/aromatic N) is 2. The van der Waals surface area contributed by atoms with E-state index in [9.17, 15) is 18.8 Å². The summed E-state index contributed by atoms with van der Waals surface area (Å²) in [5, 5.41) is 9.12. The minimum Gasteiger partial charge on any atom is -0.497 e. The number of rotatable bonds is 10. The summed E-state index contributed by atoms with van der Waals surface area (Å²) in [6.07, 6.45) is 1.35. The van der Waals surface area contributed by atoms with Gasteiger partial charge in [0, 0.05) is 36.0 Å². The predicted molar refractivity (Wildman–Crippen MR) is 162 cm³/mol. The first-order valence-corrected chi connectivity index (χ1v) is 13.8. The second-order valence-electron chi connectivity index (χ2n) is 10.3. The van der Waals surface area contributed by atoms with Gasteiger partial charge < -0.3 is 30.2 Å². The van der Waals surface area contributed by atoms with Gasteiger partial charge in [-0.3, -0.25) is 14.2 Å². The van der Waals surface area contributed by atoms with Gasteiger partial charge in [-0.05, 0) is 56.7 Å². The van der Waals surface area contributed by atoms with Gasteiger partial charge in [0.25, 0.3) is 11.5 Å². The van der Waals surface area contributed by atoms with Gasteiger partial charge in [0.05, 0.1) is 26.5 Å². The molecule has 2 aromatic heterocycles. The van der Waals surface area contributed by atoms with Crippen molar-refractivity contribution >= 4 is 29.1 Å². The maximum Gasteiger partial charge on any atom is 0.341 e. The van der Waals surface area contributed by atoms with E-state index in [1.54, 1.807) is 53.2 Å². The van der Waals surface area contributed by atoms with Crippen molar-refractivity contribution in [3.63, 3.8) is 0 Å². The molecule has 0 aliphatic carbocycles. The molecule has 2 aromatic carbocycles. The highest BCUT2D eigenvalue weighted by molar-refractivity contribution is 5.98. The van der Waals surface area contributed by atoms with Crippen LogP contribution in [0.5, 0.6) is 11.5 Å². The van der Waals surface area contributed by atoms with E-state index in [4.69, 9.17) is 14.2 Å². The number of pyridine rings is 2. The highest BCUT2D eigenvalue weighted by Gasteiger charge is 2.42. The van der Waals surface area contributed by atoms with Crippen LogP contribution in [0.25, 0.3) is 0 Å². The number of amides is 1. The van der Waals surface area contributed by atoms with E-state index in [0.29, 0.717) is 35.0 Å². The zero-order valence-corrected chi connectivity index (χ0v) is 24.9. The monoisotopic (exact) mass is 601 g/mol. The molecule has 1 atom stereocenters. The van der Waals surface area contributed by atoms with Gasteiger partial charge >= 0.3 is 5.97 Å². The second-order valence-corrected chi connectivity index (χ2v) is 10.3. The highest BCUT2D eigenvalue weighted by atomic mass is 19.1. The summed E-state index contributed by atoms with van der Waals surface area (Å²) in [6.45, 7) is 5.48. The first kappa shape index (κ1) is 30.1. The minimum atomic E-state index is -1.36. The fourth-order valence-electron chi connectivity index (χ4n) is 5.23. The van der Waals surface area contributed by atoms with Gasteiger partial charge in [-0.2, -0.15) is 0 Å². The van der Waals surface area contributed by atoms with Gasteiger partial charge in [0.15, 0.2) is 0 Å². The molecule has 0 fully saturated rings. The Kier molecular flexibility index (Phi) is 8.26. The number of anilines is 3. The number of carbonyl (C=O) groups is 2. The number of carbonyl (C=O) groups excluding carboxylic acids is 2. The lowest BCUT2D eigenvalue weighted by molar-refractivity contribution is 0.0527. The Bertz CT molecular complexity index is 1820. The molecule has 12 heteroatoms. The zero-order chi connectivity index (χ0) is 31.6. The molecule has 228 valence electrons. The average Bonchev–Trinajstić information content (AvgIpc) is 3.30. The lowest BCUT2D eigenvalue weighted by Crippen LogP contribution is -2.46. The fourth-order valence-corrected chi connectivity index (χ4v) is 5.23. The third kappa shape index (κ3) is 5.53. The number of halogens is 1. The molecule has 0 bridgehead atoms. The number of benzene rings is 2. The van der Waals surface area contributed by atoms with E-state index >= 15 is 0 Å². The Morgan fingerprint density at radius 2 is 1.86 bits per heavy atom. The maximum atomic E-state index is 14.2. The van der Waals surface area contributed by atoms with E-state index in [1.165, 1.54) is 35.0 Å². The van der Waals surface area contributed by atoms with Gasteiger partial charge in [-0.25, -0.2) is 14.2 Å². The van der Waals surface area contributed by atoms with Gasteiger partial charge in [0.1, 0.15) is 45.7 Å². The quantitative estimate of drug-likeness (QED) is 0.221. The van der Waals surface area contributed by atoms with Crippen LogP contribution in [0.1, 0.15) is 51.4 Å². The van der Waals surface area contributed by atoms with Crippen LogP contribution in [0, 0.1) is 12.7 Å². The molecule has 1 aliphatic rings. The van der Waals surface area contributed by atoms with E-state index < -0.39 is 28.9 Å². The standard InChI is InChI=1S/C32H32FN5O6/c1-6-44-31(41)23-17-35-27(34-16-19-10-11-22(42-4)14-26(19)43-5)15-24(23)36-25-12-18(2)28-29(39)37-32(3,38(28)30(25)40)20-8-7-9-21(33)13-20/h7-15,17H,6,16H2,1-5H3,(H,37,39)(H2,34,35,36). The van der Waals surface area contributed by atoms with Crippen molar-refractivity contribution < 1.29 is 28.2 Å². The summed E-state index contributed by atoms with van der Waals surface area (Å²) in [7, 11) is 3.13. The van der Waals surface area contributed by atoms with Crippen molar-refractivity contribution in [3.05, 3.63) is 105 Å². The number of methoxy groups -OCH3 is 2. The molecular weight excluding hydrogens is 569 g/mol. The number of hydrogen-bond donors (Lipinski definition) is 3. The van der Waals surface area contributed by atoms with Crippen molar-refractivity contribution in [2.75, 3.05) is 31.5 Å². The van der Waals surface area contributed by atoms with Crippen molar-refractivity contribution in [1.29, 1.82) is 0 Å². The number of hydrogen-bond acceptors (Lipinski definition) is 9. The summed E-state index contributed by atoms with van der Waals surface area (Å²) in [6, 6.07) is 14.3. The van der Waals surface area contributed by atoms with Crippen molar-refractivity contribution in [2.45, 2.75) is 33.0 Å². The van der Waals surface area contributed by atoms with Gasteiger partial charge in [-0.1, -0.05) is 12.1 Å². The first-order valence-electron chi connectivity index (χ1n) is 13.8. The largest absolute Gasteiger partial charge is 0.497 e. The average molecular weight is 602 g/mol. The van der Waals surface area contributed by atoms with Crippen molar-refractivity contribution in [2.24, 2.45) is 0 Å². The number of aromatic nitrogens is 2. The van der Waals surface area contributed by atoms with Gasteiger partial charge in [-0.15, -0.1) is 0 Å². The molecule has 3 N–H and O–H groups in total. The molecule has 4 aromatic rings. The molecule has 0 saturated heterocycles. The minimum absolute atomic E-state index is 0.0879. The van der Waals surface area contributed by atoms with Crippen molar-refractivity contribution in [1.82, 2.24) is 14.9 Å². The van der Waals surface area contributed by atoms with Crippen LogP contribution in [0.3, 0.4) is 0 Å². The van der Waals surface area contributed by atoms with E-state index in [-0.39, 0.29) is 29.2 Å². The third-order valence-electron chi connectivity index (χ3n) is 7.42. The molecule has 1 aliphatic heterocycles. The molecule has 0 saturated carbocycles. The topological polar surface area (TPSA) is 133 Å². The molecule has 1 amide bonds. The Morgan fingerprint density at radius 1 is 1.07 bits per heavy atom. The van der Waals surface area contributed by atoms with Crippen molar-refractivity contribution in [3.8, 4) is 11.5 Å². The summed E-state index contributed by atoms with van der Waals surface area (Å²) >= 11 is 0. The number of esters is 1. The maximum absolute atomic E-state index is 14.2. The fraction of sp³-hybridized carbons (Fsp3) is 0.250. The number of aryl methyl sites for hydroxylation is 1. The lowest BCUT2D eigenvalue weighted by Gasteiger charge is -2.28. The molecule has 3 heterocycles. The highest BCUT2D eigenvalue weighted by Crippen LogP contribution is 2.33. The molecule has 5 rings (SSSR count). The Balaban J connectivity index is 1.54. The summed E-state index contributed by atoms with van der Waals surface area (Å²) in [5.41, 5.74) is 0.406. The van der Waals surface area contributed by atoms with Crippen LogP contribution in [0.2, 0.25) is 0 Å². The Morgan fingerprint density at radius 3 is 2.57 bits per heavy atom. The smallest absolute Gasteiger partial charge is 0.341 e. The summed E-state index contributed by atoms with van der Waals surface area (Å²) in [4.78, 5) is 44.3. The normalized spacial score (nSPS) is 15.3. The number of nitrogens with one attached hydrogen (secondary N) is 3. The Labute approximate surface area is 253 Å². The summed E-state index contributed by atoms with van der Waals surface area (Å²) in [5.74, 6) is 0.0612. The van der Waals surface area contributed by atoms with Crippen LogP contribution in [0.4, 0.5) is 21.6 Å². The predicted octanol–water partition coefficient (Wildman–Crippen LogP) is 4.70. The first-order chi connectivity index (χ1) is 21.1. The van der Waals surface area contributed by atoms with E-state index in [2.05, 4.69) is 20.9 Å². The zero-order valence-electron chi connectivity index (χ0n) is 24.9. The van der Waals surface area contributed by atoms with Crippen LogP contribution >= 0.6 is 0 Å². The molecule has 11 nitrogen and oxygen atoms in total. The molecule has 44 heavy (non-hydrogen) atoms. The number of ether oxygens (including phenoxy) is 3. The van der Waals surface area contributed by atoms with Crippen LogP contribution in [0.15, 0.2) is 65.6 Å². The molecule has 0 radical (unpaired) electrons. The van der Waals surface area contributed by atoms with E-state index in [1.807, 2.05) is 12.1 Å². The molecule has 0 spiro atoms. The third-order valence-corrected chi connectivity index (χ3v) is 7.42. The number of fused-ring (bicyclic) bond motifs is 1. The summed E-state index contributed by atoms with van der Waals surface area (Å²) < 4.78 is 31.5. The second kappa shape index (κ2) is 12.1. The van der Waals surface area contributed by atoms with E-state index in [0.717, 1.165) is 5.56 Å². The van der Waals surface area contributed by atoms with Gasteiger partial charge in [0.2, 0.25) is 0 Å². The van der Waals surface area contributed by atoms with Crippen LogP contribution < -0.4 is 31.0 Å². The molecular formula is C32H32FN5O6. The Hall–Kier alpha value is -5.39. The lowest BCUT2D eigenvalue weighted by atomic mass is 10.0. The van der Waals surface area contributed by atoms with Crippen LogP contribution in [-0.2, 0) is 16.9 Å². The SMILES string of the molecule is CCOC(=O)c1cnc(NCc2ccc(OC)cc2OC)cc1Nc1cc(C)c2n(c1=O)C(C)(c1cccc(F)c1)NC2=O. The van der Waals surface area contributed by atoms with Crippen LogP contribution in [-0.4, -0.2) is 42.3 Å². The molecule has 1 unspecified atom stereocenters.